The van der Waals surface area contributed by atoms with E-state index in [0.717, 1.165) is 5.76 Å². The molecule has 0 saturated heterocycles. The summed E-state index contributed by atoms with van der Waals surface area (Å²) in [6, 6.07) is 0. The molecule has 0 amide bonds. The van der Waals surface area contributed by atoms with Crippen LogP contribution in [-0.2, 0) is 6.54 Å². The zero-order valence-corrected chi connectivity index (χ0v) is 7.14. The highest BCUT2D eigenvalue weighted by atomic mass is 16.4. The highest BCUT2D eigenvalue weighted by Gasteiger charge is 2.02. The van der Waals surface area contributed by atoms with Crippen LogP contribution >= 0.6 is 0 Å². The molecule has 68 valence electrons. The van der Waals surface area contributed by atoms with E-state index in [1.54, 1.807) is 10.9 Å². The number of rotatable bonds is 2. The van der Waals surface area contributed by atoms with Crippen molar-refractivity contribution >= 4 is 5.95 Å². The fourth-order valence-electron chi connectivity index (χ4n) is 0.998. The molecule has 2 aromatic rings. The molecule has 0 unspecified atom stereocenters. The molecule has 2 aromatic heterocycles. The van der Waals surface area contributed by atoms with Crippen LogP contribution in [0.5, 0.6) is 0 Å². The molecule has 0 fully saturated rings. The Morgan fingerprint density at radius 1 is 1.54 bits per heavy atom. The molecule has 0 aromatic carbocycles. The maximum Gasteiger partial charge on any atom is 0.239 e. The van der Waals surface area contributed by atoms with Crippen molar-refractivity contribution in [1.82, 2.24) is 19.7 Å². The zero-order valence-electron chi connectivity index (χ0n) is 7.14. The first-order chi connectivity index (χ1) is 6.24. The number of nitrogens with two attached hydrogens (primary N) is 1. The van der Waals surface area contributed by atoms with Gasteiger partial charge in [0.15, 0.2) is 0 Å². The summed E-state index contributed by atoms with van der Waals surface area (Å²) in [5.74, 6) is 1.63. The Morgan fingerprint density at radius 3 is 2.92 bits per heavy atom. The SMILES string of the molecule is Cc1cnc(Cn2cnc(N)n2)o1. The second-order valence-electron chi connectivity index (χ2n) is 2.66. The summed E-state index contributed by atoms with van der Waals surface area (Å²) in [4.78, 5) is 7.80. The highest BCUT2D eigenvalue weighted by Crippen LogP contribution is 2.03. The average molecular weight is 179 g/mol. The zero-order chi connectivity index (χ0) is 9.26. The van der Waals surface area contributed by atoms with Gasteiger partial charge in [-0.2, -0.15) is 0 Å². The lowest BCUT2D eigenvalue weighted by Gasteiger charge is -1.93. The summed E-state index contributed by atoms with van der Waals surface area (Å²) in [7, 11) is 0. The van der Waals surface area contributed by atoms with Crippen molar-refractivity contribution in [2.45, 2.75) is 13.5 Å². The van der Waals surface area contributed by atoms with Gasteiger partial charge < -0.3 is 10.2 Å². The molecule has 6 heteroatoms. The molecule has 0 aliphatic rings. The minimum atomic E-state index is 0.253. The Labute approximate surface area is 74.4 Å². The number of nitrogen functional groups attached to an aromatic ring is 1. The fourth-order valence-corrected chi connectivity index (χ4v) is 0.998. The van der Waals surface area contributed by atoms with E-state index in [9.17, 15) is 0 Å². The summed E-state index contributed by atoms with van der Waals surface area (Å²) < 4.78 is 6.83. The molecule has 2 rings (SSSR count). The van der Waals surface area contributed by atoms with E-state index >= 15 is 0 Å². The number of aryl methyl sites for hydroxylation is 1. The standard InChI is InChI=1S/C7H9N5O/c1-5-2-9-6(13-5)3-12-4-10-7(8)11-12/h2,4H,3H2,1H3,(H2,8,11). The van der Waals surface area contributed by atoms with Gasteiger partial charge in [0.2, 0.25) is 11.8 Å². The van der Waals surface area contributed by atoms with Crippen molar-refractivity contribution in [3.63, 3.8) is 0 Å². The lowest BCUT2D eigenvalue weighted by molar-refractivity contribution is 0.446. The van der Waals surface area contributed by atoms with Crippen molar-refractivity contribution in [2.75, 3.05) is 5.73 Å². The summed E-state index contributed by atoms with van der Waals surface area (Å²) in [5.41, 5.74) is 5.34. The Kier molecular flexibility index (Phi) is 1.73. The normalized spacial score (nSPS) is 10.5. The van der Waals surface area contributed by atoms with Crippen LogP contribution in [-0.4, -0.2) is 19.7 Å². The Bertz CT molecular complexity index is 366. The van der Waals surface area contributed by atoms with Crippen LogP contribution in [0.4, 0.5) is 5.95 Å². The quantitative estimate of drug-likeness (QED) is 0.712. The number of anilines is 1. The summed E-state index contributed by atoms with van der Waals surface area (Å²) in [6.07, 6.45) is 3.20. The van der Waals surface area contributed by atoms with Crippen LogP contribution < -0.4 is 5.73 Å². The van der Waals surface area contributed by atoms with Gasteiger partial charge >= 0.3 is 0 Å². The molecule has 0 aliphatic carbocycles. The predicted octanol–water partition coefficient (Wildman–Crippen LogP) is 0.205. The Hall–Kier alpha value is -1.85. The van der Waals surface area contributed by atoms with E-state index in [4.69, 9.17) is 10.2 Å². The molecular formula is C7H9N5O. The van der Waals surface area contributed by atoms with E-state index in [0.29, 0.717) is 12.4 Å². The van der Waals surface area contributed by atoms with E-state index in [1.165, 1.54) is 6.33 Å². The molecule has 13 heavy (non-hydrogen) atoms. The average Bonchev–Trinajstić information content (AvgIpc) is 2.62. The maximum atomic E-state index is 5.34. The number of nitrogens with zero attached hydrogens (tertiary/aromatic N) is 4. The third-order valence-electron chi connectivity index (χ3n) is 1.52. The second-order valence-corrected chi connectivity index (χ2v) is 2.66. The van der Waals surface area contributed by atoms with E-state index in [-0.39, 0.29) is 5.95 Å². The lowest BCUT2D eigenvalue weighted by atomic mass is 10.6. The molecule has 0 bridgehead atoms. The first kappa shape index (κ1) is 7.78. The Morgan fingerprint density at radius 2 is 2.38 bits per heavy atom. The van der Waals surface area contributed by atoms with Crippen molar-refractivity contribution in [3.8, 4) is 0 Å². The van der Waals surface area contributed by atoms with Gasteiger partial charge in [-0.1, -0.05) is 0 Å². The Balaban J connectivity index is 2.14. The second kappa shape index (κ2) is 2.89. The van der Waals surface area contributed by atoms with Crippen LogP contribution in [0.2, 0.25) is 0 Å². The number of hydrogen-bond donors (Lipinski definition) is 1. The van der Waals surface area contributed by atoms with Gasteiger partial charge in [-0.05, 0) is 6.92 Å². The van der Waals surface area contributed by atoms with Crippen molar-refractivity contribution in [1.29, 1.82) is 0 Å². The van der Waals surface area contributed by atoms with Crippen LogP contribution in [0, 0.1) is 6.92 Å². The fraction of sp³-hybridized carbons (Fsp3) is 0.286. The minimum Gasteiger partial charge on any atom is -0.444 e. The topological polar surface area (TPSA) is 82.8 Å². The maximum absolute atomic E-state index is 5.34. The lowest BCUT2D eigenvalue weighted by Crippen LogP contribution is -2.01. The van der Waals surface area contributed by atoms with Gasteiger partial charge in [0, 0.05) is 0 Å². The summed E-state index contributed by atoms with van der Waals surface area (Å²) in [5, 5.41) is 3.90. The molecule has 0 atom stereocenters. The monoisotopic (exact) mass is 179 g/mol. The molecule has 0 spiro atoms. The van der Waals surface area contributed by atoms with Gasteiger partial charge in [-0.15, -0.1) is 5.10 Å². The molecule has 2 heterocycles. The summed E-state index contributed by atoms with van der Waals surface area (Å²) in [6.45, 7) is 2.30. The third-order valence-corrected chi connectivity index (χ3v) is 1.52. The van der Waals surface area contributed by atoms with Gasteiger partial charge in [-0.3, -0.25) is 0 Å². The number of aromatic nitrogens is 4. The first-order valence-electron chi connectivity index (χ1n) is 3.80. The van der Waals surface area contributed by atoms with Crippen LogP contribution in [0.1, 0.15) is 11.7 Å². The third kappa shape index (κ3) is 1.66. The molecule has 6 nitrogen and oxygen atoms in total. The largest absolute Gasteiger partial charge is 0.444 e. The molecular weight excluding hydrogens is 170 g/mol. The van der Waals surface area contributed by atoms with Gasteiger partial charge in [0.25, 0.3) is 0 Å². The molecule has 0 radical (unpaired) electrons. The van der Waals surface area contributed by atoms with Crippen molar-refractivity contribution < 1.29 is 4.42 Å². The van der Waals surface area contributed by atoms with Crippen molar-refractivity contribution in [3.05, 3.63) is 24.2 Å². The van der Waals surface area contributed by atoms with Crippen molar-refractivity contribution in [2.24, 2.45) is 0 Å². The van der Waals surface area contributed by atoms with Crippen LogP contribution in [0.15, 0.2) is 16.9 Å². The van der Waals surface area contributed by atoms with Crippen LogP contribution in [0.3, 0.4) is 0 Å². The number of hydrogen-bond acceptors (Lipinski definition) is 5. The predicted molar refractivity (Wildman–Crippen MR) is 44.8 cm³/mol. The van der Waals surface area contributed by atoms with E-state index in [2.05, 4.69) is 15.1 Å². The van der Waals surface area contributed by atoms with Gasteiger partial charge in [0.1, 0.15) is 18.6 Å². The van der Waals surface area contributed by atoms with E-state index < -0.39 is 0 Å². The van der Waals surface area contributed by atoms with Crippen LogP contribution in [0.25, 0.3) is 0 Å². The summed E-state index contributed by atoms with van der Waals surface area (Å²) >= 11 is 0. The van der Waals surface area contributed by atoms with E-state index in [1.807, 2.05) is 6.92 Å². The number of oxazole rings is 1. The van der Waals surface area contributed by atoms with Gasteiger partial charge in [-0.25, -0.2) is 14.6 Å². The molecule has 0 saturated carbocycles. The first-order valence-corrected chi connectivity index (χ1v) is 3.80. The van der Waals surface area contributed by atoms with Gasteiger partial charge in [0.05, 0.1) is 6.20 Å². The molecule has 0 aliphatic heterocycles. The minimum absolute atomic E-state index is 0.253. The smallest absolute Gasteiger partial charge is 0.239 e. The molecule has 2 N–H and O–H groups in total. The highest BCUT2D eigenvalue weighted by molar-refractivity contribution is 5.09.